The quantitative estimate of drug-likeness (QED) is 0.221. The fraction of sp³-hybridized carbons (Fsp3) is 0.571. The third kappa shape index (κ3) is 5.94. The number of halogens is 4. The van der Waals surface area contributed by atoms with Gasteiger partial charge in [0.05, 0.1) is 0 Å². The minimum Gasteiger partial charge on any atom is -0.206 e. The molecule has 2 aliphatic carbocycles. The molecule has 0 bridgehead atoms. The molecule has 0 aliphatic heterocycles. The second-order valence-electron chi connectivity index (χ2n) is 9.70. The van der Waals surface area contributed by atoms with Crippen molar-refractivity contribution in [2.45, 2.75) is 78.1 Å². The van der Waals surface area contributed by atoms with E-state index in [4.69, 9.17) is 0 Å². The maximum Gasteiger partial charge on any atom is 0.194 e. The highest BCUT2D eigenvalue weighted by Crippen LogP contribution is 2.43. The van der Waals surface area contributed by atoms with Crippen molar-refractivity contribution in [3.63, 3.8) is 0 Å². The molecule has 4 heteroatoms. The summed E-state index contributed by atoms with van der Waals surface area (Å²) < 4.78 is 55.4. The number of allylic oxidation sites excluding steroid dienone is 5. The Hall–Kier alpha value is -1.84. The average Bonchev–Trinajstić information content (AvgIpc) is 2.78. The maximum atomic E-state index is 15.0. The van der Waals surface area contributed by atoms with Gasteiger partial charge in [-0.3, -0.25) is 0 Å². The van der Waals surface area contributed by atoms with Crippen LogP contribution in [0, 0.1) is 41.1 Å². The van der Waals surface area contributed by atoms with Crippen molar-refractivity contribution < 1.29 is 17.6 Å². The van der Waals surface area contributed by atoms with Gasteiger partial charge in [-0.25, -0.2) is 17.6 Å². The predicted molar refractivity (Wildman–Crippen MR) is 124 cm³/mol. The molecule has 0 N–H and O–H groups in total. The van der Waals surface area contributed by atoms with Crippen LogP contribution in [0.5, 0.6) is 0 Å². The molecule has 0 heterocycles. The minimum absolute atomic E-state index is 0.0205. The highest BCUT2D eigenvalue weighted by Gasteiger charge is 2.31. The first-order valence-corrected chi connectivity index (χ1v) is 12.2. The van der Waals surface area contributed by atoms with Crippen LogP contribution in [0.1, 0.15) is 83.6 Å². The summed E-state index contributed by atoms with van der Waals surface area (Å²) in [5.74, 6) is -2.04. The summed E-state index contributed by atoms with van der Waals surface area (Å²) in [7, 11) is 0. The van der Waals surface area contributed by atoms with Gasteiger partial charge in [0.25, 0.3) is 0 Å². The minimum atomic E-state index is -1.55. The first kappa shape index (κ1) is 24.8. The van der Waals surface area contributed by atoms with Gasteiger partial charge in [0.1, 0.15) is 5.83 Å². The summed E-state index contributed by atoms with van der Waals surface area (Å²) in [6.07, 6.45) is 15.3. The summed E-state index contributed by atoms with van der Waals surface area (Å²) in [6.45, 7) is 7.95. The van der Waals surface area contributed by atoms with Crippen molar-refractivity contribution in [1.29, 1.82) is 0 Å². The van der Waals surface area contributed by atoms with Crippen LogP contribution in [0.4, 0.5) is 17.6 Å². The van der Waals surface area contributed by atoms with E-state index in [0.29, 0.717) is 0 Å². The third-order valence-corrected chi connectivity index (χ3v) is 7.70. The second-order valence-corrected chi connectivity index (χ2v) is 9.70. The molecule has 2 fully saturated rings. The Morgan fingerprint density at radius 3 is 1.97 bits per heavy atom. The van der Waals surface area contributed by atoms with Crippen LogP contribution in [-0.4, -0.2) is 0 Å². The maximum absolute atomic E-state index is 15.0. The van der Waals surface area contributed by atoms with Crippen LogP contribution in [-0.2, 0) is 0 Å². The monoisotopic (exact) mass is 448 g/mol. The van der Waals surface area contributed by atoms with Gasteiger partial charge in [-0.15, -0.1) is 0 Å². The molecule has 1 aromatic rings. The zero-order valence-electron chi connectivity index (χ0n) is 19.4. The van der Waals surface area contributed by atoms with E-state index in [1.54, 1.807) is 6.92 Å². The van der Waals surface area contributed by atoms with E-state index in [9.17, 15) is 17.6 Å². The number of hydrogen-bond acceptors (Lipinski definition) is 0. The van der Waals surface area contributed by atoms with E-state index in [0.717, 1.165) is 61.1 Å². The Morgan fingerprint density at radius 2 is 1.47 bits per heavy atom. The summed E-state index contributed by atoms with van der Waals surface area (Å²) in [5, 5.41) is 0. The highest BCUT2D eigenvalue weighted by atomic mass is 19.2. The van der Waals surface area contributed by atoms with Crippen molar-refractivity contribution in [2.75, 3.05) is 0 Å². The van der Waals surface area contributed by atoms with Gasteiger partial charge < -0.3 is 0 Å². The van der Waals surface area contributed by atoms with Crippen molar-refractivity contribution in [1.82, 2.24) is 0 Å². The predicted octanol–water partition coefficient (Wildman–Crippen LogP) is 9.33. The Kier molecular flexibility index (Phi) is 8.79. The van der Waals surface area contributed by atoms with E-state index in [2.05, 4.69) is 13.5 Å². The lowest BCUT2D eigenvalue weighted by Crippen LogP contribution is -2.26. The van der Waals surface area contributed by atoms with Gasteiger partial charge in [-0.2, -0.15) is 0 Å². The van der Waals surface area contributed by atoms with Gasteiger partial charge in [-0.1, -0.05) is 45.3 Å². The molecule has 0 unspecified atom stereocenters. The van der Waals surface area contributed by atoms with E-state index in [-0.39, 0.29) is 17.1 Å². The smallest absolute Gasteiger partial charge is 0.194 e. The fourth-order valence-corrected chi connectivity index (χ4v) is 5.83. The molecule has 0 saturated heterocycles. The Morgan fingerprint density at radius 1 is 0.938 bits per heavy atom. The summed E-state index contributed by atoms with van der Waals surface area (Å²) in [6, 6.07) is 1.65. The van der Waals surface area contributed by atoms with Crippen LogP contribution in [0.2, 0.25) is 0 Å². The van der Waals surface area contributed by atoms with Crippen LogP contribution in [0.3, 0.4) is 0 Å². The van der Waals surface area contributed by atoms with E-state index in [1.165, 1.54) is 50.7 Å². The fourth-order valence-electron chi connectivity index (χ4n) is 5.83. The summed E-state index contributed by atoms with van der Waals surface area (Å²) in [4.78, 5) is 0. The van der Waals surface area contributed by atoms with E-state index in [1.807, 2.05) is 0 Å². The van der Waals surface area contributed by atoms with Gasteiger partial charge >= 0.3 is 0 Å². The van der Waals surface area contributed by atoms with E-state index >= 15 is 0 Å². The Labute approximate surface area is 190 Å². The normalized spacial score (nSPS) is 27.4. The molecular formula is C28H36F4. The molecule has 0 atom stereocenters. The molecule has 0 amide bonds. The standard InChI is InChI=1S/C28H36F4/c1-4-6-19-7-9-21(10-8-19)22-13-11-20(12-14-22)18(3)15-25(29)24(5-2)23-16-26(30)28(32)27(31)17-23/h5,15-17,19-22H,3-4,6-14H2,1-2H3/b24-5-,25-15+. The lowest BCUT2D eigenvalue weighted by Gasteiger charge is -2.38. The lowest BCUT2D eigenvalue weighted by atomic mass is 9.68. The zero-order valence-corrected chi connectivity index (χ0v) is 19.4. The van der Waals surface area contributed by atoms with Crippen LogP contribution in [0.25, 0.3) is 5.57 Å². The SMILES string of the molecule is C=C(/C=C(F)\C(=C/C)c1cc(F)c(F)c(F)c1)C1CCC(C2CCC(CCC)CC2)CC1. The highest BCUT2D eigenvalue weighted by molar-refractivity contribution is 5.77. The molecular weight excluding hydrogens is 412 g/mol. The van der Waals surface area contributed by atoms with Gasteiger partial charge in [-0.05, 0) is 98.5 Å². The third-order valence-electron chi connectivity index (χ3n) is 7.70. The largest absolute Gasteiger partial charge is 0.206 e. The molecule has 0 nitrogen and oxygen atoms in total. The van der Waals surface area contributed by atoms with Crippen molar-refractivity contribution >= 4 is 5.57 Å². The first-order valence-electron chi connectivity index (χ1n) is 12.2. The number of rotatable bonds is 7. The lowest BCUT2D eigenvalue weighted by molar-refractivity contribution is 0.151. The molecule has 0 spiro atoms. The molecule has 176 valence electrons. The molecule has 0 radical (unpaired) electrons. The first-order chi connectivity index (χ1) is 15.3. The topological polar surface area (TPSA) is 0 Å². The van der Waals surface area contributed by atoms with Crippen molar-refractivity contribution in [2.24, 2.45) is 23.7 Å². The van der Waals surface area contributed by atoms with Gasteiger partial charge in [0.2, 0.25) is 0 Å². The van der Waals surface area contributed by atoms with Crippen molar-refractivity contribution in [3.05, 3.63) is 65.3 Å². The van der Waals surface area contributed by atoms with Gasteiger partial charge in [0.15, 0.2) is 17.5 Å². The van der Waals surface area contributed by atoms with Crippen molar-refractivity contribution in [3.8, 4) is 0 Å². The van der Waals surface area contributed by atoms with Crippen LogP contribution < -0.4 is 0 Å². The van der Waals surface area contributed by atoms with Crippen LogP contribution >= 0.6 is 0 Å². The molecule has 2 saturated carbocycles. The van der Waals surface area contributed by atoms with E-state index < -0.39 is 23.3 Å². The summed E-state index contributed by atoms with van der Waals surface area (Å²) >= 11 is 0. The zero-order chi connectivity index (χ0) is 23.3. The van der Waals surface area contributed by atoms with Crippen LogP contribution in [0.15, 0.2) is 42.3 Å². The summed E-state index contributed by atoms with van der Waals surface area (Å²) in [5.41, 5.74) is 0.740. The van der Waals surface area contributed by atoms with Gasteiger partial charge in [0, 0.05) is 5.57 Å². The molecule has 0 aromatic heterocycles. The number of hydrogen-bond donors (Lipinski definition) is 0. The molecule has 2 aliphatic rings. The Balaban J connectivity index is 1.58. The number of benzene rings is 1. The average molecular weight is 449 g/mol. The Bertz CT molecular complexity index is 827. The molecule has 1 aromatic carbocycles. The molecule has 32 heavy (non-hydrogen) atoms. The molecule has 3 rings (SSSR count). The second kappa shape index (κ2) is 11.3.